The number of aromatic nitrogens is 1. The number of aryl methyl sites for hydroxylation is 2. The Labute approximate surface area is 140 Å². The summed E-state index contributed by atoms with van der Waals surface area (Å²) < 4.78 is 2.31. The van der Waals surface area contributed by atoms with Crippen LogP contribution < -0.4 is 0 Å². The molecule has 2 heterocycles. The van der Waals surface area contributed by atoms with Gasteiger partial charge in [0.15, 0.2) is 0 Å². The summed E-state index contributed by atoms with van der Waals surface area (Å²) in [6.07, 6.45) is 3.98. The fourth-order valence-corrected chi connectivity index (χ4v) is 3.19. The summed E-state index contributed by atoms with van der Waals surface area (Å²) in [5.74, 6) is -0.833. The number of nitrogens with zero attached hydrogens (tertiary/aromatic N) is 1. The van der Waals surface area contributed by atoms with Gasteiger partial charge in [0.1, 0.15) is 0 Å². The van der Waals surface area contributed by atoms with E-state index in [1.165, 1.54) is 22.0 Å². The van der Waals surface area contributed by atoms with Crippen molar-refractivity contribution < 1.29 is 9.90 Å². The Morgan fingerprint density at radius 1 is 1.17 bits per heavy atom. The lowest BCUT2D eigenvalue weighted by atomic mass is 10.0. The molecule has 0 bridgehead atoms. The number of rotatable bonds is 3. The minimum atomic E-state index is -0.833. The van der Waals surface area contributed by atoms with Crippen molar-refractivity contribution in [1.82, 2.24) is 4.57 Å². The Morgan fingerprint density at radius 3 is 2.58 bits per heavy atom. The predicted octanol–water partition coefficient (Wildman–Crippen LogP) is 3.90. The van der Waals surface area contributed by atoms with Gasteiger partial charge in [0.2, 0.25) is 0 Å². The van der Waals surface area contributed by atoms with Gasteiger partial charge in [0.25, 0.3) is 5.97 Å². The normalized spacial score (nSPS) is 11.9. The standard InChI is InChI=1S/C18H16N2.C2H4O2/c19-17(11-13-5-2-1-3-6-13)16-12-20-10-9-14-7-4-8-15(16)18(14)20;1-2(3)4/h1-8,12,19H,9-11H2;1H3,(H,3,4). The van der Waals surface area contributed by atoms with Gasteiger partial charge in [-0.3, -0.25) is 4.79 Å². The summed E-state index contributed by atoms with van der Waals surface area (Å²) in [5.41, 5.74) is 5.75. The monoisotopic (exact) mass is 320 g/mol. The van der Waals surface area contributed by atoms with E-state index in [1.807, 2.05) is 18.2 Å². The molecule has 1 aliphatic heterocycles. The largest absolute Gasteiger partial charge is 0.481 e. The summed E-state index contributed by atoms with van der Waals surface area (Å²) >= 11 is 0. The van der Waals surface area contributed by atoms with Crippen LogP contribution in [0.1, 0.15) is 23.6 Å². The first-order chi connectivity index (χ1) is 11.6. The third kappa shape index (κ3) is 3.23. The van der Waals surface area contributed by atoms with Gasteiger partial charge in [-0.1, -0.05) is 48.5 Å². The van der Waals surface area contributed by atoms with E-state index < -0.39 is 5.97 Å². The topological polar surface area (TPSA) is 66.1 Å². The van der Waals surface area contributed by atoms with Crippen molar-refractivity contribution in [1.29, 1.82) is 5.41 Å². The first-order valence-electron chi connectivity index (χ1n) is 7.98. The molecule has 4 heteroatoms. The minimum absolute atomic E-state index is 0.699. The third-order valence-corrected chi connectivity index (χ3v) is 4.15. The number of para-hydroxylation sites is 1. The second-order valence-electron chi connectivity index (χ2n) is 5.96. The highest BCUT2D eigenvalue weighted by Gasteiger charge is 2.19. The second-order valence-corrected chi connectivity index (χ2v) is 5.96. The van der Waals surface area contributed by atoms with Crippen LogP contribution in [0.4, 0.5) is 0 Å². The number of nitrogens with one attached hydrogen (secondary N) is 1. The fourth-order valence-electron chi connectivity index (χ4n) is 3.19. The molecular formula is C20H20N2O2. The zero-order valence-electron chi connectivity index (χ0n) is 13.6. The highest BCUT2D eigenvalue weighted by Crippen LogP contribution is 2.30. The predicted molar refractivity (Wildman–Crippen MR) is 95.9 cm³/mol. The smallest absolute Gasteiger partial charge is 0.300 e. The second kappa shape index (κ2) is 6.71. The Bertz CT molecular complexity index is 891. The Morgan fingerprint density at radius 2 is 1.88 bits per heavy atom. The quantitative estimate of drug-likeness (QED) is 0.719. The number of carboxylic acid groups (broad SMARTS) is 1. The molecule has 24 heavy (non-hydrogen) atoms. The average molecular weight is 320 g/mol. The van der Waals surface area contributed by atoms with Crippen molar-refractivity contribution >= 4 is 22.6 Å². The average Bonchev–Trinajstić information content (AvgIpc) is 3.13. The highest BCUT2D eigenvalue weighted by molar-refractivity contribution is 6.11. The molecule has 0 saturated carbocycles. The van der Waals surface area contributed by atoms with Gasteiger partial charge >= 0.3 is 0 Å². The molecule has 1 aliphatic rings. The molecule has 0 atom stereocenters. The van der Waals surface area contributed by atoms with Gasteiger partial charge in [-0.2, -0.15) is 0 Å². The number of carboxylic acids is 1. The van der Waals surface area contributed by atoms with Crippen molar-refractivity contribution in [2.24, 2.45) is 0 Å². The van der Waals surface area contributed by atoms with Crippen molar-refractivity contribution in [3.05, 3.63) is 71.4 Å². The van der Waals surface area contributed by atoms with Crippen LogP contribution in [0.3, 0.4) is 0 Å². The number of carbonyl (C=O) groups is 1. The van der Waals surface area contributed by atoms with Crippen molar-refractivity contribution in [2.75, 3.05) is 0 Å². The van der Waals surface area contributed by atoms with E-state index in [1.54, 1.807) is 0 Å². The van der Waals surface area contributed by atoms with Crippen molar-refractivity contribution in [2.45, 2.75) is 26.3 Å². The van der Waals surface area contributed by atoms with Crippen LogP contribution in [-0.4, -0.2) is 21.4 Å². The maximum Gasteiger partial charge on any atom is 0.300 e. The van der Waals surface area contributed by atoms with E-state index in [-0.39, 0.29) is 0 Å². The van der Waals surface area contributed by atoms with E-state index in [0.717, 1.165) is 25.5 Å². The first kappa shape index (κ1) is 16.0. The molecule has 0 aliphatic carbocycles. The van der Waals surface area contributed by atoms with Crippen LogP contribution in [0, 0.1) is 5.41 Å². The Balaban J connectivity index is 0.000000383. The van der Waals surface area contributed by atoms with Crippen LogP contribution >= 0.6 is 0 Å². The summed E-state index contributed by atoms with van der Waals surface area (Å²) in [6.45, 7) is 2.13. The molecule has 0 saturated heterocycles. The Hall–Kier alpha value is -2.88. The lowest BCUT2D eigenvalue weighted by molar-refractivity contribution is -0.134. The SMILES string of the molecule is CC(=O)O.N=C(Cc1ccccc1)c1cn2c3c(cccc13)CC2. The summed E-state index contributed by atoms with van der Waals surface area (Å²) in [4.78, 5) is 9.00. The molecule has 3 aromatic rings. The van der Waals surface area contributed by atoms with E-state index >= 15 is 0 Å². The molecule has 2 aromatic carbocycles. The van der Waals surface area contributed by atoms with E-state index in [0.29, 0.717) is 12.1 Å². The summed E-state index contributed by atoms with van der Waals surface area (Å²) in [7, 11) is 0. The van der Waals surface area contributed by atoms with Crippen LogP contribution in [0.2, 0.25) is 0 Å². The van der Waals surface area contributed by atoms with Crippen LogP contribution in [0.15, 0.2) is 54.7 Å². The lowest BCUT2D eigenvalue weighted by Gasteiger charge is -2.04. The first-order valence-corrected chi connectivity index (χ1v) is 7.98. The number of aliphatic carboxylic acids is 1. The lowest BCUT2D eigenvalue weighted by Crippen LogP contribution is -2.03. The van der Waals surface area contributed by atoms with Gasteiger partial charge in [0, 0.05) is 42.7 Å². The Kier molecular flexibility index (Phi) is 4.47. The van der Waals surface area contributed by atoms with Gasteiger partial charge < -0.3 is 15.1 Å². The van der Waals surface area contributed by atoms with Crippen LogP contribution in [-0.2, 0) is 24.2 Å². The number of benzene rings is 2. The fraction of sp³-hybridized carbons (Fsp3) is 0.200. The summed E-state index contributed by atoms with van der Waals surface area (Å²) in [6, 6.07) is 16.7. The molecule has 2 N–H and O–H groups in total. The molecule has 0 amide bonds. The third-order valence-electron chi connectivity index (χ3n) is 4.15. The molecule has 4 rings (SSSR count). The molecule has 1 aromatic heterocycles. The van der Waals surface area contributed by atoms with E-state index in [9.17, 15) is 0 Å². The summed E-state index contributed by atoms with van der Waals surface area (Å²) in [5, 5.41) is 17.1. The minimum Gasteiger partial charge on any atom is -0.481 e. The van der Waals surface area contributed by atoms with Crippen molar-refractivity contribution in [3.63, 3.8) is 0 Å². The molecule has 0 spiro atoms. The highest BCUT2D eigenvalue weighted by atomic mass is 16.4. The number of hydrogen-bond donors (Lipinski definition) is 2. The maximum atomic E-state index is 9.00. The van der Waals surface area contributed by atoms with Gasteiger partial charge in [-0.05, 0) is 17.5 Å². The van der Waals surface area contributed by atoms with Gasteiger partial charge in [-0.15, -0.1) is 0 Å². The number of hydrogen-bond acceptors (Lipinski definition) is 2. The van der Waals surface area contributed by atoms with E-state index in [2.05, 4.69) is 41.1 Å². The van der Waals surface area contributed by atoms with E-state index in [4.69, 9.17) is 15.3 Å². The molecule has 0 unspecified atom stereocenters. The van der Waals surface area contributed by atoms with Crippen molar-refractivity contribution in [3.8, 4) is 0 Å². The zero-order chi connectivity index (χ0) is 17.1. The maximum absolute atomic E-state index is 9.00. The molecular weight excluding hydrogens is 300 g/mol. The molecule has 0 radical (unpaired) electrons. The van der Waals surface area contributed by atoms with Crippen LogP contribution in [0.5, 0.6) is 0 Å². The molecule has 4 nitrogen and oxygen atoms in total. The molecule has 0 fully saturated rings. The van der Waals surface area contributed by atoms with Gasteiger partial charge in [0.05, 0.1) is 5.52 Å². The van der Waals surface area contributed by atoms with Crippen LogP contribution in [0.25, 0.3) is 10.9 Å². The zero-order valence-corrected chi connectivity index (χ0v) is 13.6. The molecule has 122 valence electrons. The van der Waals surface area contributed by atoms with Gasteiger partial charge in [-0.25, -0.2) is 0 Å².